The average molecular weight is 356 g/mol. The maximum absolute atomic E-state index is 4.36. The monoisotopic (exact) mass is 355 g/mol. The van der Waals surface area contributed by atoms with Crippen LogP contribution in [0, 0.1) is 0 Å². The lowest BCUT2D eigenvalue weighted by Crippen LogP contribution is -2.34. The zero-order chi connectivity index (χ0) is 18.3. The fourth-order valence-corrected chi connectivity index (χ4v) is 3.77. The van der Waals surface area contributed by atoms with Crippen molar-refractivity contribution in [1.82, 2.24) is 4.98 Å². The lowest BCUT2D eigenvalue weighted by atomic mass is 10.0. The van der Waals surface area contributed by atoms with Gasteiger partial charge in [-0.25, -0.2) is 4.57 Å². The van der Waals surface area contributed by atoms with Crippen molar-refractivity contribution >= 4 is 10.9 Å². The SMILES string of the molecule is CCCCCCCCCCCCCCCC[n+]1cncc2ccccc21. The molecule has 2 aromatic rings. The average Bonchev–Trinajstić information content (AvgIpc) is 2.68. The highest BCUT2D eigenvalue weighted by Gasteiger charge is 2.05. The molecule has 2 rings (SSSR count). The molecule has 1 aromatic heterocycles. The van der Waals surface area contributed by atoms with E-state index >= 15 is 0 Å². The van der Waals surface area contributed by atoms with Crippen LogP contribution in [0.5, 0.6) is 0 Å². The summed E-state index contributed by atoms with van der Waals surface area (Å²) in [6, 6.07) is 8.54. The zero-order valence-electron chi connectivity index (χ0n) is 17.0. The summed E-state index contributed by atoms with van der Waals surface area (Å²) in [5.41, 5.74) is 1.30. The summed E-state index contributed by atoms with van der Waals surface area (Å²) in [6.07, 6.45) is 23.7. The third-order valence-corrected chi connectivity index (χ3v) is 5.42. The van der Waals surface area contributed by atoms with Crippen LogP contribution in [-0.2, 0) is 6.54 Å². The lowest BCUT2D eigenvalue weighted by molar-refractivity contribution is -0.674. The van der Waals surface area contributed by atoms with Gasteiger partial charge in [0.2, 0.25) is 0 Å². The van der Waals surface area contributed by atoms with Gasteiger partial charge in [0.15, 0.2) is 6.20 Å². The van der Waals surface area contributed by atoms with Crippen molar-refractivity contribution in [3.63, 3.8) is 0 Å². The molecular weight excluding hydrogens is 316 g/mol. The molecule has 0 spiro atoms. The van der Waals surface area contributed by atoms with Gasteiger partial charge in [0, 0.05) is 0 Å². The smallest absolute Gasteiger partial charge is 0.230 e. The number of unbranched alkanes of at least 4 members (excludes halogenated alkanes) is 13. The summed E-state index contributed by atoms with van der Waals surface area (Å²) in [7, 11) is 0. The summed E-state index contributed by atoms with van der Waals surface area (Å²) >= 11 is 0. The summed E-state index contributed by atoms with van der Waals surface area (Å²) in [6.45, 7) is 3.38. The molecule has 0 fully saturated rings. The Balaban J connectivity index is 1.43. The van der Waals surface area contributed by atoms with Gasteiger partial charge < -0.3 is 0 Å². The van der Waals surface area contributed by atoms with E-state index in [1.807, 2.05) is 12.5 Å². The van der Waals surface area contributed by atoms with Crippen LogP contribution in [0.25, 0.3) is 10.9 Å². The van der Waals surface area contributed by atoms with Crippen LogP contribution in [0.1, 0.15) is 96.8 Å². The van der Waals surface area contributed by atoms with Crippen molar-refractivity contribution in [3.8, 4) is 0 Å². The number of nitrogens with zero attached hydrogens (tertiary/aromatic N) is 2. The minimum atomic E-state index is 1.09. The number of aromatic nitrogens is 2. The van der Waals surface area contributed by atoms with Gasteiger partial charge in [-0.05, 0) is 25.0 Å². The van der Waals surface area contributed by atoms with Crippen LogP contribution < -0.4 is 4.57 Å². The van der Waals surface area contributed by atoms with E-state index in [4.69, 9.17) is 0 Å². The lowest BCUT2D eigenvalue weighted by Gasteiger charge is -2.04. The fourth-order valence-electron chi connectivity index (χ4n) is 3.77. The Kier molecular flexibility index (Phi) is 11.0. The number of para-hydroxylation sites is 1. The molecule has 1 heterocycles. The standard InChI is InChI=1S/C24H39N2/c1-2-3-4-5-6-7-8-9-10-11-12-13-14-17-20-26-22-25-21-23-18-15-16-19-24(23)26/h15-16,18-19,21-22H,2-14,17,20H2,1H3/q+1. The second kappa shape index (κ2) is 13.7. The van der Waals surface area contributed by atoms with Gasteiger partial charge in [0.05, 0.1) is 11.9 Å². The molecule has 0 aliphatic carbocycles. The molecule has 0 radical (unpaired) electrons. The Hall–Kier alpha value is -1.44. The largest absolute Gasteiger partial charge is 0.286 e. The van der Waals surface area contributed by atoms with Crippen molar-refractivity contribution in [2.45, 2.75) is 103 Å². The van der Waals surface area contributed by atoms with Crippen LogP contribution in [-0.4, -0.2) is 4.98 Å². The number of aryl methyl sites for hydroxylation is 1. The first kappa shape index (κ1) is 20.9. The molecule has 26 heavy (non-hydrogen) atoms. The minimum absolute atomic E-state index is 1.09. The van der Waals surface area contributed by atoms with Crippen LogP contribution in [0.4, 0.5) is 0 Å². The minimum Gasteiger partial charge on any atom is -0.230 e. The molecule has 2 heteroatoms. The quantitative estimate of drug-likeness (QED) is 0.248. The van der Waals surface area contributed by atoms with E-state index in [-0.39, 0.29) is 0 Å². The van der Waals surface area contributed by atoms with Gasteiger partial charge in [0.1, 0.15) is 5.52 Å². The number of rotatable bonds is 15. The highest BCUT2D eigenvalue weighted by Crippen LogP contribution is 2.13. The van der Waals surface area contributed by atoms with Gasteiger partial charge in [-0.15, -0.1) is 0 Å². The van der Waals surface area contributed by atoms with Crippen LogP contribution >= 0.6 is 0 Å². The summed E-state index contributed by atoms with van der Waals surface area (Å²) < 4.78 is 2.30. The third kappa shape index (κ3) is 8.29. The molecule has 0 aliphatic rings. The predicted octanol–water partition coefficient (Wildman–Crippen LogP) is 7.00. The van der Waals surface area contributed by atoms with E-state index in [1.54, 1.807) is 0 Å². The molecule has 144 valence electrons. The fraction of sp³-hybridized carbons (Fsp3) is 0.667. The maximum Gasteiger partial charge on any atom is 0.286 e. The summed E-state index contributed by atoms with van der Waals surface area (Å²) in [5, 5.41) is 1.24. The third-order valence-electron chi connectivity index (χ3n) is 5.42. The van der Waals surface area contributed by atoms with E-state index in [0.29, 0.717) is 0 Å². The van der Waals surface area contributed by atoms with E-state index in [2.05, 4.69) is 40.7 Å². The number of benzene rings is 1. The Bertz CT molecular complexity index is 588. The molecule has 0 unspecified atom stereocenters. The Morgan fingerprint density at radius 3 is 1.85 bits per heavy atom. The Morgan fingerprint density at radius 1 is 0.692 bits per heavy atom. The van der Waals surface area contributed by atoms with E-state index in [0.717, 1.165) is 6.54 Å². The van der Waals surface area contributed by atoms with Gasteiger partial charge in [0.25, 0.3) is 6.33 Å². The zero-order valence-corrected chi connectivity index (χ0v) is 17.0. The van der Waals surface area contributed by atoms with E-state index in [9.17, 15) is 0 Å². The molecule has 0 aliphatic heterocycles. The topological polar surface area (TPSA) is 16.8 Å². The first-order valence-electron chi connectivity index (χ1n) is 11.1. The van der Waals surface area contributed by atoms with E-state index < -0.39 is 0 Å². The highest BCUT2D eigenvalue weighted by atomic mass is 15.0. The normalized spacial score (nSPS) is 11.3. The molecule has 0 N–H and O–H groups in total. The van der Waals surface area contributed by atoms with Crippen LogP contribution in [0.3, 0.4) is 0 Å². The summed E-state index contributed by atoms with van der Waals surface area (Å²) in [4.78, 5) is 4.36. The van der Waals surface area contributed by atoms with Gasteiger partial charge in [-0.3, -0.25) is 0 Å². The number of fused-ring (bicyclic) bond motifs is 1. The summed E-state index contributed by atoms with van der Waals surface area (Å²) in [5.74, 6) is 0. The van der Waals surface area contributed by atoms with Crippen molar-refractivity contribution in [1.29, 1.82) is 0 Å². The van der Waals surface area contributed by atoms with Crippen molar-refractivity contribution in [3.05, 3.63) is 36.8 Å². The second-order valence-electron chi connectivity index (χ2n) is 7.74. The van der Waals surface area contributed by atoms with Gasteiger partial charge >= 0.3 is 0 Å². The molecule has 1 aromatic carbocycles. The number of hydrogen-bond donors (Lipinski definition) is 0. The molecule has 0 saturated carbocycles. The first-order chi connectivity index (χ1) is 12.9. The maximum atomic E-state index is 4.36. The predicted molar refractivity (Wildman–Crippen MR) is 112 cm³/mol. The molecule has 0 saturated heterocycles. The van der Waals surface area contributed by atoms with Crippen molar-refractivity contribution in [2.75, 3.05) is 0 Å². The number of hydrogen-bond acceptors (Lipinski definition) is 1. The molecule has 0 bridgehead atoms. The van der Waals surface area contributed by atoms with Crippen molar-refractivity contribution in [2.24, 2.45) is 0 Å². The Labute approximate surface area is 161 Å². The second-order valence-corrected chi connectivity index (χ2v) is 7.74. The molecular formula is C24H39N2+. The highest BCUT2D eigenvalue weighted by molar-refractivity contribution is 5.73. The molecule has 0 amide bonds. The van der Waals surface area contributed by atoms with Gasteiger partial charge in [-0.1, -0.05) is 101 Å². The van der Waals surface area contributed by atoms with Crippen molar-refractivity contribution < 1.29 is 4.57 Å². The molecule has 0 atom stereocenters. The van der Waals surface area contributed by atoms with Gasteiger partial charge in [-0.2, -0.15) is 0 Å². The first-order valence-corrected chi connectivity index (χ1v) is 11.1. The Morgan fingerprint density at radius 2 is 1.23 bits per heavy atom. The molecule has 2 nitrogen and oxygen atoms in total. The van der Waals surface area contributed by atoms with Crippen LogP contribution in [0.2, 0.25) is 0 Å². The van der Waals surface area contributed by atoms with E-state index in [1.165, 1.54) is 101 Å². The van der Waals surface area contributed by atoms with Crippen LogP contribution in [0.15, 0.2) is 36.8 Å².